The monoisotopic (exact) mass is 308 g/mol. The molecule has 0 saturated carbocycles. The molecule has 0 atom stereocenters. The maximum Gasteiger partial charge on any atom is 0.156 e. The Balaban J connectivity index is 1.83. The lowest BCUT2D eigenvalue weighted by Crippen LogP contribution is -2.35. The van der Waals surface area contributed by atoms with Crippen molar-refractivity contribution >= 4 is 16.9 Å². The van der Waals surface area contributed by atoms with E-state index in [0.717, 1.165) is 36.0 Å². The van der Waals surface area contributed by atoms with E-state index in [-0.39, 0.29) is 5.82 Å². The zero-order chi connectivity index (χ0) is 15.3. The highest BCUT2D eigenvalue weighted by Gasteiger charge is 2.29. The summed E-state index contributed by atoms with van der Waals surface area (Å²) in [6.07, 6.45) is 3.29. The number of thioether (sulfide) groups is 1. The Morgan fingerprint density at radius 3 is 2.67 bits per heavy atom. The fourth-order valence-corrected chi connectivity index (χ4v) is 3.88. The van der Waals surface area contributed by atoms with Gasteiger partial charge >= 0.3 is 0 Å². The molecule has 1 aliphatic rings. The third-order valence-corrected chi connectivity index (χ3v) is 5.85. The summed E-state index contributed by atoms with van der Waals surface area (Å²) < 4.78 is 13.1. The summed E-state index contributed by atoms with van der Waals surface area (Å²) in [4.78, 5) is 4.70. The van der Waals surface area contributed by atoms with Gasteiger partial charge in [0.15, 0.2) is 5.17 Å². The minimum atomic E-state index is -0.160. The molecule has 1 N–H and O–H groups in total. The molecule has 0 unspecified atom stereocenters. The standard InChI is InChI=1S/C17H25FN2S/c1-4-17(5-2)11-20-16(21-12-17)19-9-8-14-6-7-15(18)10-13(14)3/h6-7,10H,4-5,8-9,11-12H2,1-3H3,(H,19,20). The van der Waals surface area contributed by atoms with Crippen molar-refractivity contribution in [2.24, 2.45) is 10.4 Å². The average molecular weight is 308 g/mol. The van der Waals surface area contributed by atoms with E-state index < -0.39 is 0 Å². The van der Waals surface area contributed by atoms with E-state index in [2.05, 4.69) is 19.2 Å². The number of aliphatic imine (C=N–C) groups is 1. The van der Waals surface area contributed by atoms with Gasteiger partial charge in [-0.25, -0.2) is 4.39 Å². The molecule has 0 aliphatic carbocycles. The lowest BCUT2D eigenvalue weighted by atomic mass is 9.84. The first-order valence-corrected chi connectivity index (χ1v) is 8.73. The second kappa shape index (κ2) is 7.30. The van der Waals surface area contributed by atoms with Gasteiger partial charge in [0.25, 0.3) is 0 Å². The van der Waals surface area contributed by atoms with Gasteiger partial charge in [-0.2, -0.15) is 0 Å². The Hall–Kier alpha value is -1.03. The average Bonchev–Trinajstić information content (AvgIpc) is 2.50. The van der Waals surface area contributed by atoms with E-state index in [0.29, 0.717) is 5.41 Å². The SMILES string of the molecule is CCC1(CC)CN=C(NCCc2ccc(F)cc2C)SC1. The number of nitrogens with one attached hydrogen (secondary N) is 1. The predicted octanol–water partition coefficient (Wildman–Crippen LogP) is 4.18. The first-order valence-electron chi connectivity index (χ1n) is 7.75. The van der Waals surface area contributed by atoms with Crippen LogP contribution in [0.25, 0.3) is 0 Å². The third-order valence-electron chi connectivity index (χ3n) is 4.55. The number of nitrogens with zero attached hydrogens (tertiary/aromatic N) is 1. The normalized spacial score (nSPS) is 17.4. The molecular formula is C17H25FN2S. The van der Waals surface area contributed by atoms with E-state index in [1.165, 1.54) is 24.5 Å². The van der Waals surface area contributed by atoms with Gasteiger partial charge in [0.1, 0.15) is 5.82 Å². The summed E-state index contributed by atoms with van der Waals surface area (Å²) in [5, 5.41) is 4.48. The van der Waals surface area contributed by atoms with Crippen LogP contribution in [0.4, 0.5) is 4.39 Å². The zero-order valence-corrected chi connectivity index (χ0v) is 14.0. The van der Waals surface area contributed by atoms with Crippen molar-refractivity contribution in [3.8, 4) is 0 Å². The molecule has 0 fully saturated rings. The second-order valence-electron chi connectivity index (χ2n) is 5.86. The first kappa shape index (κ1) is 16.3. The third kappa shape index (κ3) is 4.22. The number of hydrogen-bond acceptors (Lipinski definition) is 3. The van der Waals surface area contributed by atoms with Gasteiger partial charge in [-0.05, 0) is 54.9 Å². The summed E-state index contributed by atoms with van der Waals surface area (Å²) in [7, 11) is 0. The fraction of sp³-hybridized carbons (Fsp3) is 0.588. The summed E-state index contributed by atoms with van der Waals surface area (Å²) in [6, 6.07) is 5.01. The zero-order valence-electron chi connectivity index (χ0n) is 13.2. The molecule has 0 spiro atoms. The summed E-state index contributed by atoms with van der Waals surface area (Å²) in [5.41, 5.74) is 2.61. The molecule has 0 bridgehead atoms. The van der Waals surface area contributed by atoms with Crippen LogP contribution < -0.4 is 5.32 Å². The van der Waals surface area contributed by atoms with E-state index in [4.69, 9.17) is 4.99 Å². The van der Waals surface area contributed by atoms with Gasteiger partial charge < -0.3 is 5.32 Å². The van der Waals surface area contributed by atoms with Gasteiger partial charge in [0.2, 0.25) is 0 Å². The second-order valence-corrected chi connectivity index (χ2v) is 6.83. The predicted molar refractivity (Wildman–Crippen MR) is 90.6 cm³/mol. The Morgan fingerprint density at radius 2 is 2.10 bits per heavy atom. The van der Waals surface area contributed by atoms with E-state index in [1.54, 1.807) is 6.07 Å². The van der Waals surface area contributed by atoms with E-state index >= 15 is 0 Å². The lowest BCUT2D eigenvalue weighted by molar-refractivity contribution is 0.318. The molecule has 1 aliphatic heterocycles. The van der Waals surface area contributed by atoms with E-state index in [9.17, 15) is 4.39 Å². The minimum absolute atomic E-state index is 0.160. The van der Waals surface area contributed by atoms with Crippen molar-refractivity contribution in [3.63, 3.8) is 0 Å². The van der Waals surface area contributed by atoms with Crippen LogP contribution in [0.3, 0.4) is 0 Å². The Morgan fingerprint density at radius 1 is 1.33 bits per heavy atom. The molecule has 1 aromatic rings. The Labute approximate surface area is 131 Å². The molecule has 2 rings (SSSR count). The minimum Gasteiger partial charge on any atom is -0.365 e. The summed E-state index contributed by atoms with van der Waals surface area (Å²) in [5.74, 6) is 0.994. The molecule has 0 radical (unpaired) electrons. The number of hydrogen-bond donors (Lipinski definition) is 1. The van der Waals surface area contributed by atoms with Crippen LogP contribution in [0.5, 0.6) is 0 Å². The lowest BCUT2D eigenvalue weighted by Gasteiger charge is -2.33. The van der Waals surface area contributed by atoms with Crippen molar-refractivity contribution in [3.05, 3.63) is 35.1 Å². The van der Waals surface area contributed by atoms with Gasteiger partial charge in [0, 0.05) is 18.8 Å². The quantitative estimate of drug-likeness (QED) is 0.882. The fourth-order valence-electron chi connectivity index (χ4n) is 2.58. The number of aryl methyl sites for hydroxylation is 1. The van der Waals surface area contributed by atoms with Crippen molar-refractivity contribution < 1.29 is 4.39 Å². The smallest absolute Gasteiger partial charge is 0.156 e. The van der Waals surface area contributed by atoms with Crippen molar-refractivity contribution in [2.75, 3.05) is 18.8 Å². The van der Waals surface area contributed by atoms with Gasteiger partial charge in [0.05, 0.1) is 0 Å². The van der Waals surface area contributed by atoms with Crippen LogP contribution in [-0.2, 0) is 6.42 Å². The van der Waals surface area contributed by atoms with E-state index in [1.807, 2.05) is 24.8 Å². The highest BCUT2D eigenvalue weighted by Crippen LogP contribution is 2.34. The molecule has 0 amide bonds. The van der Waals surface area contributed by atoms with Crippen LogP contribution in [0.15, 0.2) is 23.2 Å². The maximum absolute atomic E-state index is 13.1. The summed E-state index contributed by atoms with van der Waals surface area (Å²) >= 11 is 1.84. The Bertz CT molecular complexity index is 510. The highest BCUT2D eigenvalue weighted by molar-refractivity contribution is 8.13. The molecule has 4 heteroatoms. The molecule has 1 heterocycles. The van der Waals surface area contributed by atoms with Gasteiger partial charge in [-0.15, -0.1) is 0 Å². The Kier molecular flexibility index (Phi) is 5.68. The topological polar surface area (TPSA) is 24.4 Å². The van der Waals surface area contributed by atoms with Crippen LogP contribution in [0.1, 0.15) is 37.8 Å². The van der Waals surface area contributed by atoms with Crippen molar-refractivity contribution in [1.29, 1.82) is 0 Å². The maximum atomic E-state index is 13.1. The van der Waals surface area contributed by atoms with Crippen LogP contribution in [0, 0.1) is 18.2 Å². The first-order chi connectivity index (χ1) is 10.1. The summed E-state index contributed by atoms with van der Waals surface area (Å²) in [6.45, 7) is 8.27. The number of amidine groups is 1. The van der Waals surface area contributed by atoms with Crippen molar-refractivity contribution in [2.45, 2.75) is 40.0 Å². The number of rotatable bonds is 5. The highest BCUT2D eigenvalue weighted by atomic mass is 32.2. The number of benzene rings is 1. The molecule has 0 saturated heterocycles. The molecule has 2 nitrogen and oxygen atoms in total. The largest absolute Gasteiger partial charge is 0.365 e. The van der Waals surface area contributed by atoms with Crippen molar-refractivity contribution in [1.82, 2.24) is 5.32 Å². The molecule has 21 heavy (non-hydrogen) atoms. The van der Waals surface area contributed by atoms with Crippen LogP contribution in [-0.4, -0.2) is 24.0 Å². The molecule has 1 aromatic carbocycles. The number of halogens is 1. The van der Waals surface area contributed by atoms with Crippen LogP contribution in [0.2, 0.25) is 0 Å². The van der Waals surface area contributed by atoms with Gasteiger partial charge in [-0.3, -0.25) is 4.99 Å². The van der Waals surface area contributed by atoms with Crippen LogP contribution >= 0.6 is 11.8 Å². The molecule has 116 valence electrons. The molecular weight excluding hydrogens is 283 g/mol. The molecule has 0 aromatic heterocycles. The van der Waals surface area contributed by atoms with Gasteiger partial charge in [-0.1, -0.05) is 31.7 Å².